The highest BCUT2D eigenvalue weighted by atomic mass is 79.9. The van der Waals surface area contributed by atoms with Crippen molar-refractivity contribution in [2.24, 2.45) is 0 Å². The number of hydrogen-bond donors (Lipinski definition) is 0. The highest BCUT2D eigenvalue weighted by Crippen LogP contribution is 2.54. The number of hydrogen-bond acceptors (Lipinski definition) is 0. The summed E-state index contributed by atoms with van der Waals surface area (Å²) in [7, 11) is 0. The van der Waals surface area contributed by atoms with Gasteiger partial charge in [-0.2, -0.15) is 0 Å². The molecule has 2 heteroatoms. The molecular formula is C19H20BrCl. The van der Waals surface area contributed by atoms with E-state index in [-0.39, 0.29) is 10.8 Å². The van der Waals surface area contributed by atoms with Crippen molar-refractivity contribution in [1.82, 2.24) is 0 Å². The largest absolute Gasteiger partial charge is 0.0843 e. The third kappa shape index (κ3) is 2.17. The summed E-state index contributed by atoms with van der Waals surface area (Å²) < 4.78 is 1.18. The standard InChI is InChI=1S/C19H20BrCl/c1-18(2,3)13-8-9-15(20)17-16(13)12-7-6-11(21)10-14(12)19(17,4)5/h6-10H,1-5H3. The molecule has 0 heterocycles. The van der Waals surface area contributed by atoms with Gasteiger partial charge in [-0.1, -0.05) is 74.3 Å². The van der Waals surface area contributed by atoms with Gasteiger partial charge in [-0.3, -0.25) is 0 Å². The predicted molar refractivity (Wildman–Crippen MR) is 95.4 cm³/mol. The summed E-state index contributed by atoms with van der Waals surface area (Å²) in [6.45, 7) is 11.4. The van der Waals surface area contributed by atoms with Crippen LogP contribution >= 0.6 is 27.5 Å². The zero-order valence-electron chi connectivity index (χ0n) is 13.1. The molecule has 110 valence electrons. The van der Waals surface area contributed by atoms with Gasteiger partial charge in [-0.25, -0.2) is 0 Å². The lowest BCUT2D eigenvalue weighted by atomic mass is 9.79. The van der Waals surface area contributed by atoms with Crippen LogP contribution in [0, 0.1) is 0 Å². The molecule has 0 unspecified atom stereocenters. The molecule has 0 aromatic heterocycles. The van der Waals surface area contributed by atoms with Crippen molar-refractivity contribution >= 4 is 27.5 Å². The van der Waals surface area contributed by atoms with Crippen LogP contribution in [0.2, 0.25) is 5.02 Å². The van der Waals surface area contributed by atoms with E-state index in [1.165, 1.54) is 32.3 Å². The average molecular weight is 364 g/mol. The maximum absolute atomic E-state index is 6.25. The molecule has 0 radical (unpaired) electrons. The molecule has 0 saturated carbocycles. The molecule has 0 saturated heterocycles. The highest BCUT2D eigenvalue weighted by molar-refractivity contribution is 9.10. The number of benzene rings is 2. The molecule has 0 atom stereocenters. The molecule has 0 spiro atoms. The van der Waals surface area contributed by atoms with Gasteiger partial charge >= 0.3 is 0 Å². The Morgan fingerprint density at radius 1 is 1.05 bits per heavy atom. The van der Waals surface area contributed by atoms with E-state index >= 15 is 0 Å². The van der Waals surface area contributed by atoms with E-state index in [2.05, 4.69) is 74.8 Å². The summed E-state index contributed by atoms with van der Waals surface area (Å²) >= 11 is 10.0. The van der Waals surface area contributed by atoms with E-state index in [0.29, 0.717) is 0 Å². The van der Waals surface area contributed by atoms with Crippen LogP contribution in [-0.2, 0) is 10.8 Å². The van der Waals surface area contributed by atoms with Crippen molar-refractivity contribution < 1.29 is 0 Å². The first-order valence-corrected chi connectivity index (χ1v) is 8.45. The summed E-state index contributed by atoms with van der Waals surface area (Å²) in [4.78, 5) is 0. The maximum Gasteiger partial charge on any atom is 0.0409 e. The van der Waals surface area contributed by atoms with Gasteiger partial charge in [0.05, 0.1) is 0 Å². The van der Waals surface area contributed by atoms with Crippen LogP contribution in [0.25, 0.3) is 11.1 Å². The SMILES string of the molecule is CC(C)(C)c1ccc(Br)c2c1-c1ccc(Cl)cc1C2(C)C. The Morgan fingerprint density at radius 2 is 1.71 bits per heavy atom. The monoisotopic (exact) mass is 362 g/mol. The van der Waals surface area contributed by atoms with Crippen LogP contribution in [0.15, 0.2) is 34.8 Å². The predicted octanol–water partition coefficient (Wildman–Crippen LogP) is 6.71. The van der Waals surface area contributed by atoms with Crippen LogP contribution in [0.1, 0.15) is 51.3 Å². The summed E-state index contributed by atoms with van der Waals surface area (Å²) in [5.74, 6) is 0. The van der Waals surface area contributed by atoms with Crippen molar-refractivity contribution in [3.8, 4) is 11.1 Å². The van der Waals surface area contributed by atoms with Crippen molar-refractivity contribution in [3.63, 3.8) is 0 Å². The molecule has 0 fully saturated rings. The zero-order chi connectivity index (χ0) is 15.6. The molecule has 0 nitrogen and oxygen atoms in total. The Hall–Kier alpha value is -0.790. The first kappa shape index (κ1) is 15.1. The van der Waals surface area contributed by atoms with Crippen molar-refractivity contribution in [2.45, 2.75) is 45.4 Å². The first-order valence-electron chi connectivity index (χ1n) is 7.28. The van der Waals surface area contributed by atoms with E-state index < -0.39 is 0 Å². The third-order valence-corrected chi connectivity index (χ3v) is 5.41. The molecule has 0 bridgehead atoms. The minimum absolute atomic E-state index is 0.0321. The van der Waals surface area contributed by atoms with Crippen LogP contribution in [0.4, 0.5) is 0 Å². The second-order valence-corrected chi connectivity index (χ2v) is 8.70. The first-order chi connectivity index (χ1) is 9.64. The van der Waals surface area contributed by atoms with Crippen LogP contribution in [-0.4, -0.2) is 0 Å². The van der Waals surface area contributed by atoms with Gasteiger partial charge in [0.2, 0.25) is 0 Å². The minimum atomic E-state index is -0.0321. The molecule has 0 amide bonds. The Bertz CT molecular complexity index is 736. The fourth-order valence-electron chi connectivity index (χ4n) is 3.48. The maximum atomic E-state index is 6.25. The lowest BCUT2D eigenvalue weighted by Gasteiger charge is -2.26. The van der Waals surface area contributed by atoms with E-state index in [9.17, 15) is 0 Å². The summed E-state index contributed by atoms with van der Waals surface area (Å²) in [5.41, 5.74) is 6.89. The van der Waals surface area contributed by atoms with Crippen LogP contribution in [0.5, 0.6) is 0 Å². The highest BCUT2D eigenvalue weighted by Gasteiger charge is 2.40. The average Bonchev–Trinajstić information content (AvgIpc) is 2.58. The molecular weight excluding hydrogens is 344 g/mol. The smallest absolute Gasteiger partial charge is 0.0409 e. The van der Waals surface area contributed by atoms with E-state index in [1.807, 2.05) is 6.07 Å². The van der Waals surface area contributed by atoms with Crippen LogP contribution < -0.4 is 0 Å². The number of rotatable bonds is 0. The molecule has 1 aliphatic carbocycles. The molecule has 2 aromatic carbocycles. The quantitative estimate of drug-likeness (QED) is 0.488. The summed E-state index contributed by atoms with van der Waals surface area (Å²) in [5, 5.41) is 0.808. The van der Waals surface area contributed by atoms with E-state index in [1.54, 1.807) is 0 Å². The Labute approximate surface area is 140 Å². The Balaban J connectivity index is 2.46. The number of halogens is 2. The van der Waals surface area contributed by atoms with Crippen molar-refractivity contribution in [3.05, 3.63) is 56.5 Å². The fourth-order valence-corrected chi connectivity index (χ4v) is 4.48. The lowest BCUT2D eigenvalue weighted by Crippen LogP contribution is -2.17. The molecule has 2 aromatic rings. The second kappa shape index (κ2) is 4.60. The van der Waals surface area contributed by atoms with Gasteiger partial charge in [0.1, 0.15) is 0 Å². The molecule has 0 N–H and O–H groups in total. The van der Waals surface area contributed by atoms with E-state index in [0.717, 1.165) is 5.02 Å². The fraction of sp³-hybridized carbons (Fsp3) is 0.368. The summed E-state index contributed by atoms with van der Waals surface area (Å²) in [6, 6.07) is 10.7. The van der Waals surface area contributed by atoms with Gasteiger partial charge in [-0.15, -0.1) is 0 Å². The third-order valence-electron chi connectivity index (χ3n) is 4.51. The van der Waals surface area contributed by atoms with Gasteiger partial charge in [0, 0.05) is 14.9 Å². The normalized spacial score (nSPS) is 15.8. The topological polar surface area (TPSA) is 0 Å². The number of fused-ring (bicyclic) bond motifs is 3. The molecule has 21 heavy (non-hydrogen) atoms. The second-order valence-electron chi connectivity index (χ2n) is 7.41. The minimum Gasteiger partial charge on any atom is -0.0843 e. The van der Waals surface area contributed by atoms with Gasteiger partial charge in [0.25, 0.3) is 0 Å². The Morgan fingerprint density at radius 3 is 2.33 bits per heavy atom. The van der Waals surface area contributed by atoms with Gasteiger partial charge in [0.15, 0.2) is 0 Å². The van der Waals surface area contributed by atoms with Crippen molar-refractivity contribution in [1.29, 1.82) is 0 Å². The summed E-state index contributed by atoms with van der Waals surface area (Å²) in [6.07, 6.45) is 0. The Kier molecular flexibility index (Phi) is 3.31. The molecule has 3 rings (SSSR count). The zero-order valence-corrected chi connectivity index (χ0v) is 15.5. The van der Waals surface area contributed by atoms with Gasteiger partial charge < -0.3 is 0 Å². The van der Waals surface area contributed by atoms with Crippen molar-refractivity contribution in [2.75, 3.05) is 0 Å². The molecule has 1 aliphatic rings. The van der Waals surface area contributed by atoms with E-state index in [4.69, 9.17) is 11.6 Å². The van der Waals surface area contributed by atoms with Crippen LogP contribution in [0.3, 0.4) is 0 Å². The lowest BCUT2D eigenvalue weighted by molar-refractivity contribution is 0.589. The van der Waals surface area contributed by atoms with Gasteiger partial charge in [-0.05, 0) is 51.4 Å². The molecule has 0 aliphatic heterocycles.